The van der Waals surface area contributed by atoms with Gasteiger partial charge in [-0.05, 0) is 39.0 Å². The molecule has 0 radical (unpaired) electrons. The molecule has 0 atom stereocenters. The summed E-state index contributed by atoms with van der Waals surface area (Å²) < 4.78 is 5.42. The Morgan fingerprint density at radius 3 is 2.52 bits per heavy atom. The second-order valence-electron chi connectivity index (χ2n) is 6.16. The molecule has 2 aliphatic heterocycles. The first kappa shape index (κ1) is 14.3. The number of hydrogen-bond acceptors (Lipinski definition) is 7. The molecule has 7 nitrogen and oxygen atoms in total. The Hall–Kier alpha value is -1.63. The molecule has 3 rings (SSSR count). The van der Waals surface area contributed by atoms with Crippen LogP contribution in [0.5, 0.6) is 0 Å². The van der Waals surface area contributed by atoms with E-state index >= 15 is 0 Å². The third kappa shape index (κ3) is 3.53. The topological polar surface area (TPSA) is 89.2 Å². The van der Waals surface area contributed by atoms with E-state index in [0.717, 1.165) is 39.1 Å². The number of ether oxygens (including phenoxy) is 1. The minimum Gasteiger partial charge on any atom is -0.381 e. The molecule has 2 saturated heterocycles. The van der Waals surface area contributed by atoms with Crippen molar-refractivity contribution in [3.8, 4) is 0 Å². The van der Waals surface area contributed by atoms with Crippen LogP contribution in [-0.2, 0) is 4.74 Å². The van der Waals surface area contributed by atoms with Crippen molar-refractivity contribution in [2.45, 2.75) is 44.6 Å². The average molecular weight is 292 g/mol. The fourth-order valence-electron chi connectivity index (χ4n) is 2.89. The molecule has 7 heteroatoms. The molecule has 0 spiro atoms. The highest BCUT2D eigenvalue weighted by molar-refractivity contribution is 5.43. The Morgan fingerprint density at radius 2 is 1.81 bits per heavy atom. The Bertz CT molecular complexity index is 482. The highest BCUT2D eigenvalue weighted by Crippen LogP contribution is 2.25. The number of nitrogen functional groups attached to an aromatic ring is 1. The molecule has 3 N–H and O–H groups in total. The van der Waals surface area contributed by atoms with Crippen LogP contribution < -0.4 is 16.0 Å². The molecule has 0 aromatic carbocycles. The number of piperidine rings is 1. The zero-order chi connectivity index (χ0) is 14.7. The summed E-state index contributed by atoms with van der Waals surface area (Å²) in [5, 5.41) is 3.43. The van der Waals surface area contributed by atoms with Crippen LogP contribution in [0.1, 0.15) is 39.0 Å². The minimum absolute atomic E-state index is 0.0365. The highest BCUT2D eigenvalue weighted by Gasteiger charge is 2.28. The maximum Gasteiger partial charge on any atom is 0.231 e. The van der Waals surface area contributed by atoms with Gasteiger partial charge in [-0.15, -0.1) is 0 Å². The summed E-state index contributed by atoms with van der Waals surface area (Å²) in [5.41, 5.74) is 5.82. The fourth-order valence-corrected chi connectivity index (χ4v) is 2.89. The van der Waals surface area contributed by atoms with Crippen molar-refractivity contribution < 1.29 is 4.74 Å². The van der Waals surface area contributed by atoms with Crippen LogP contribution in [0.4, 0.5) is 17.8 Å². The Morgan fingerprint density at radius 1 is 1.10 bits per heavy atom. The van der Waals surface area contributed by atoms with E-state index in [1.807, 2.05) is 0 Å². The van der Waals surface area contributed by atoms with Gasteiger partial charge >= 0.3 is 0 Å². The lowest BCUT2D eigenvalue weighted by Gasteiger charge is -2.34. The molecule has 2 aliphatic rings. The molecule has 0 unspecified atom stereocenters. The summed E-state index contributed by atoms with van der Waals surface area (Å²) in [6.07, 6.45) is 5.53. The largest absolute Gasteiger partial charge is 0.381 e. The van der Waals surface area contributed by atoms with Crippen LogP contribution >= 0.6 is 0 Å². The second-order valence-corrected chi connectivity index (χ2v) is 6.16. The predicted octanol–water partition coefficient (Wildman–Crippen LogP) is 1.43. The van der Waals surface area contributed by atoms with Crippen molar-refractivity contribution in [2.24, 2.45) is 0 Å². The van der Waals surface area contributed by atoms with Gasteiger partial charge in [-0.25, -0.2) is 0 Å². The van der Waals surface area contributed by atoms with Crippen molar-refractivity contribution in [1.82, 2.24) is 15.0 Å². The molecule has 1 aromatic rings. The monoisotopic (exact) mass is 292 g/mol. The molecule has 0 bridgehead atoms. The first-order valence-electron chi connectivity index (χ1n) is 7.77. The lowest BCUT2D eigenvalue weighted by Crippen LogP contribution is -2.41. The quantitative estimate of drug-likeness (QED) is 0.871. The molecule has 0 aliphatic carbocycles. The second kappa shape index (κ2) is 6.01. The molecule has 21 heavy (non-hydrogen) atoms. The summed E-state index contributed by atoms with van der Waals surface area (Å²) in [5.74, 6) is 1.55. The standard InChI is InChI=1S/C14H24N6O/c1-14(5-9-21-10-6-14)19-12-16-11(15)17-13(18-12)20-7-3-2-4-8-20/h2-10H2,1H3,(H3,15,16,17,18,19). The normalized spacial score (nSPS) is 22.0. The summed E-state index contributed by atoms with van der Waals surface area (Å²) in [6, 6.07) is 0. The number of anilines is 3. The van der Waals surface area contributed by atoms with E-state index in [1.165, 1.54) is 19.3 Å². The van der Waals surface area contributed by atoms with Crippen LogP contribution in [0.3, 0.4) is 0 Å². The van der Waals surface area contributed by atoms with Gasteiger partial charge in [-0.1, -0.05) is 0 Å². The minimum atomic E-state index is -0.0365. The van der Waals surface area contributed by atoms with E-state index in [1.54, 1.807) is 0 Å². The van der Waals surface area contributed by atoms with Gasteiger partial charge in [-0.3, -0.25) is 0 Å². The van der Waals surface area contributed by atoms with Gasteiger partial charge in [0.2, 0.25) is 17.8 Å². The Labute approximate surface area is 125 Å². The Kier molecular flexibility index (Phi) is 4.10. The smallest absolute Gasteiger partial charge is 0.231 e. The summed E-state index contributed by atoms with van der Waals surface area (Å²) in [4.78, 5) is 15.3. The zero-order valence-corrected chi connectivity index (χ0v) is 12.6. The first-order chi connectivity index (χ1) is 10.1. The number of rotatable bonds is 3. The molecular weight excluding hydrogens is 268 g/mol. The summed E-state index contributed by atoms with van der Waals surface area (Å²) in [6.45, 7) is 5.70. The van der Waals surface area contributed by atoms with Crippen LogP contribution in [0.15, 0.2) is 0 Å². The van der Waals surface area contributed by atoms with Crippen molar-refractivity contribution in [1.29, 1.82) is 0 Å². The summed E-state index contributed by atoms with van der Waals surface area (Å²) in [7, 11) is 0. The number of nitrogens with two attached hydrogens (primary N) is 1. The van der Waals surface area contributed by atoms with E-state index in [2.05, 4.69) is 32.1 Å². The fraction of sp³-hybridized carbons (Fsp3) is 0.786. The molecule has 1 aromatic heterocycles. The Balaban J connectivity index is 1.77. The lowest BCUT2D eigenvalue weighted by molar-refractivity contribution is 0.0656. The van der Waals surface area contributed by atoms with Crippen molar-refractivity contribution in [3.63, 3.8) is 0 Å². The van der Waals surface area contributed by atoms with Crippen LogP contribution in [-0.4, -0.2) is 46.8 Å². The predicted molar refractivity (Wildman–Crippen MR) is 82.4 cm³/mol. The maximum atomic E-state index is 5.86. The lowest BCUT2D eigenvalue weighted by atomic mass is 9.93. The zero-order valence-electron chi connectivity index (χ0n) is 12.6. The van der Waals surface area contributed by atoms with E-state index < -0.39 is 0 Å². The molecule has 0 saturated carbocycles. The molecule has 0 amide bonds. The third-order valence-electron chi connectivity index (χ3n) is 4.29. The van der Waals surface area contributed by atoms with E-state index in [-0.39, 0.29) is 11.5 Å². The number of hydrogen-bond donors (Lipinski definition) is 2. The first-order valence-corrected chi connectivity index (χ1v) is 7.77. The molecule has 2 fully saturated rings. The van der Waals surface area contributed by atoms with Gasteiger partial charge in [0.1, 0.15) is 0 Å². The number of nitrogens with one attached hydrogen (secondary N) is 1. The summed E-state index contributed by atoms with van der Waals surface area (Å²) >= 11 is 0. The van der Waals surface area contributed by atoms with Gasteiger partial charge in [0, 0.05) is 31.8 Å². The number of nitrogens with zero attached hydrogens (tertiary/aromatic N) is 4. The van der Waals surface area contributed by atoms with E-state index in [9.17, 15) is 0 Å². The van der Waals surface area contributed by atoms with Gasteiger partial charge in [0.05, 0.1) is 0 Å². The van der Waals surface area contributed by atoms with Crippen molar-refractivity contribution in [2.75, 3.05) is 42.3 Å². The van der Waals surface area contributed by atoms with Gasteiger partial charge < -0.3 is 20.7 Å². The van der Waals surface area contributed by atoms with Gasteiger partial charge in [0.25, 0.3) is 0 Å². The van der Waals surface area contributed by atoms with Crippen molar-refractivity contribution in [3.05, 3.63) is 0 Å². The molecule has 116 valence electrons. The van der Waals surface area contributed by atoms with Crippen molar-refractivity contribution >= 4 is 17.8 Å². The van der Waals surface area contributed by atoms with Crippen LogP contribution in [0.2, 0.25) is 0 Å². The third-order valence-corrected chi connectivity index (χ3v) is 4.29. The van der Waals surface area contributed by atoms with Crippen LogP contribution in [0, 0.1) is 0 Å². The van der Waals surface area contributed by atoms with Gasteiger partial charge in [-0.2, -0.15) is 15.0 Å². The SMILES string of the molecule is CC1(Nc2nc(N)nc(N3CCCCC3)n2)CCOCC1. The van der Waals surface area contributed by atoms with Gasteiger partial charge in [0.15, 0.2) is 0 Å². The van der Waals surface area contributed by atoms with E-state index in [4.69, 9.17) is 10.5 Å². The maximum absolute atomic E-state index is 5.86. The van der Waals surface area contributed by atoms with E-state index in [0.29, 0.717) is 11.9 Å². The molecule has 3 heterocycles. The molecular formula is C14H24N6O. The average Bonchev–Trinajstić information content (AvgIpc) is 2.48. The van der Waals surface area contributed by atoms with Crippen LogP contribution in [0.25, 0.3) is 0 Å². The number of aromatic nitrogens is 3. The highest BCUT2D eigenvalue weighted by atomic mass is 16.5.